The lowest BCUT2D eigenvalue weighted by Gasteiger charge is -2.08. The normalized spacial score (nSPS) is 10.7. The second kappa shape index (κ2) is 5.28. The number of rotatable bonds is 3. The zero-order valence-corrected chi connectivity index (χ0v) is 11.6. The van der Waals surface area contributed by atoms with Crippen LogP contribution in [0, 0.1) is 0 Å². The number of nitrogens with two attached hydrogens (primary N) is 1. The molecule has 0 aliphatic heterocycles. The van der Waals surface area contributed by atoms with E-state index in [9.17, 15) is 4.79 Å². The smallest absolute Gasteiger partial charge is 0.355 e. The molecule has 5 heteroatoms. The van der Waals surface area contributed by atoms with Crippen LogP contribution in [0.15, 0.2) is 48.8 Å². The summed E-state index contributed by atoms with van der Waals surface area (Å²) in [5.74, 6) is -0.393. The summed E-state index contributed by atoms with van der Waals surface area (Å²) in [5.41, 5.74) is 8.45. The molecule has 0 atom stereocenters. The summed E-state index contributed by atoms with van der Waals surface area (Å²) in [4.78, 5) is 16.4. The number of nitrogens with zero attached hydrogens (tertiary/aromatic N) is 2. The van der Waals surface area contributed by atoms with Crippen molar-refractivity contribution in [3.05, 3.63) is 60.0 Å². The lowest BCUT2D eigenvalue weighted by atomic mass is 10.1. The maximum Gasteiger partial charge on any atom is 0.355 e. The zero-order chi connectivity index (χ0) is 14.8. The number of carbonyl (C=O) groups excluding carboxylic acids is 1. The van der Waals surface area contributed by atoms with E-state index in [0.717, 1.165) is 16.5 Å². The number of anilines is 1. The van der Waals surface area contributed by atoms with Crippen molar-refractivity contribution >= 4 is 22.6 Å². The fourth-order valence-corrected chi connectivity index (χ4v) is 2.29. The van der Waals surface area contributed by atoms with Gasteiger partial charge in [0, 0.05) is 30.4 Å². The van der Waals surface area contributed by atoms with Crippen LogP contribution >= 0.6 is 0 Å². The summed E-state index contributed by atoms with van der Waals surface area (Å²) in [7, 11) is 1.76. The first kappa shape index (κ1) is 13.2. The number of ether oxygens (including phenoxy) is 1. The van der Waals surface area contributed by atoms with Gasteiger partial charge in [-0.2, -0.15) is 0 Å². The van der Waals surface area contributed by atoms with E-state index in [4.69, 9.17) is 10.5 Å². The summed E-state index contributed by atoms with van der Waals surface area (Å²) in [6.45, 7) is 0.201. The van der Waals surface area contributed by atoms with Crippen LogP contribution in [0.4, 0.5) is 5.69 Å². The van der Waals surface area contributed by atoms with Gasteiger partial charge in [-0.1, -0.05) is 18.2 Å². The van der Waals surface area contributed by atoms with E-state index < -0.39 is 5.97 Å². The van der Waals surface area contributed by atoms with Crippen LogP contribution in [0.1, 0.15) is 16.1 Å². The first-order valence-corrected chi connectivity index (χ1v) is 6.57. The molecule has 2 heterocycles. The molecule has 3 rings (SSSR count). The van der Waals surface area contributed by atoms with Gasteiger partial charge < -0.3 is 15.0 Å². The van der Waals surface area contributed by atoms with Crippen LogP contribution in [0.3, 0.4) is 0 Å². The van der Waals surface area contributed by atoms with Crippen molar-refractivity contribution in [1.29, 1.82) is 0 Å². The van der Waals surface area contributed by atoms with Crippen LogP contribution in [0.25, 0.3) is 10.9 Å². The van der Waals surface area contributed by atoms with Crippen LogP contribution < -0.4 is 5.73 Å². The highest BCUT2D eigenvalue weighted by molar-refractivity contribution is 5.89. The Balaban J connectivity index is 1.81. The second-order valence-electron chi connectivity index (χ2n) is 4.83. The summed E-state index contributed by atoms with van der Waals surface area (Å²) in [6.07, 6.45) is 3.39. The largest absolute Gasteiger partial charge is 0.456 e. The average Bonchev–Trinajstić information content (AvgIpc) is 2.83. The van der Waals surface area contributed by atoms with Gasteiger partial charge in [-0.3, -0.25) is 4.98 Å². The highest BCUT2D eigenvalue weighted by atomic mass is 16.5. The number of aromatic nitrogens is 2. The molecule has 3 aromatic rings. The van der Waals surface area contributed by atoms with E-state index in [1.807, 2.05) is 30.3 Å². The number of hydrogen-bond acceptors (Lipinski definition) is 4. The summed E-state index contributed by atoms with van der Waals surface area (Å²) >= 11 is 0. The number of aryl methyl sites for hydroxylation is 1. The minimum Gasteiger partial charge on any atom is -0.456 e. The molecular weight excluding hydrogens is 266 g/mol. The SMILES string of the molecule is Cn1cc(N)cc1C(=O)OCc1ccnc2ccccc12. The van der Waals surface area contributed by atoms with Crippen molar-refractivity contribution in [2.75, 3.05) is 5.73 Å². The van der Waals surface area contributed by atoms with Crippen LogP contribution in [0.5, 0.6) is 0 Å². The number of hydrogen-bond donors (Lipinski definition) is 1. The van der Waals surface area contributed by atoms with Crippen molar-refractivity contribution in [3.63, 3.8) is 0 Å². The molecular formula is C16H15N3O2. The molecule has 0 spiro atoms. The monoisotopic (exact) mass is 281 g/mol. The fourth-order valence-electron chi connectivity index (χ4n) is 2.29. The Hall–Kier alpha value is -2.82. The van der Waals surface area contributed by atoms with Crippen molar-refractivity contribution in [3.8, 4) is 0 Å². The third kappa shape index (κ3) is 2.58. The summed E-state index contributed by atoms with van der Waals surface area (Å²) in [6, 6.07) is 11.2. The predicted molar refractivity (Wildman–Crippen MR) is 80.7 cm³/mol. The standard InChI is InChI=1S/C16H15N3O2/c1-19-9-12(17)8-15(19)16(20)21-10-11-6-7-18-14-5-3-2-4-13(11)14/h2-9H,10,17H2,1H3. The van der Waals surface area contributed by atoms with E-state index in [2.05, 4.69) is 4.98 Å². The van der Waals surface area contributed by atoms with Crippen LogP contribution in [0.2, 0.25) is 0 Å². The number of pyridine rings is 1. The summed E-state index contributed by atoms with van der Waals surface area (Å²) in [5, 5.41) is 0.985. The molecule has 0 fully saturated rings. The fraction of sp³-hybridized carbons (Fsp3) is 0.125. The highest BCUT2D eigenvalue weighted by Crippen LogP contribution is 2.18. The van der Waals surface area contributed by atoms with Gasteiger partial charge in [-0.25, -0.2) is 4.79 Å². The van der Waals surface area contributed by atoms with E-state index in [1.165, 1.54) is 0 Å². The highest BCUT2D eigenvalue weighted by Gasteiger charge is 2.13. The molecule has 5 nitrogen and oxygen atoms in total. The van der Waals surface area contributed by atoms with Crippen molar-refractivity contribution in [2.24, 2.45) is 7.05 Å². The predicted octanol–water partition coefficient (Wildman–Crippen LogP) is 2.51. The van der Waals surface area contributed by atoms with Gasteiger partial charge in [0.1, 0.15) is 12.3 Å². The second-order valence-corrected chi connectivity index (χ2v) is 4.83. The third-order valence-electron chi connectivity index (χ3n) is 3.33. The van der Waals surface area contributed by atoms with Gasteiger partial charge in [-0.15, -0.1) is 0 Å². The Morgan fingerprint density at radius 2 is 2.14 bits per heavy atom. The number of nitrogen functional groups attached to an aromatic ring is 1. The molecule has 2 aromatic heterocycles. The van der Waals surface area contributed by atoms with E-state index in [-0.39, 0.29) is 6.61 Å². The zero-order valence-electron chi connectivity index (χ0n) is 11.6. The first-order valence-electron chi connectivity index (χ1n) is 6.57. The molecule has 0 amide bonds. The average molecular weight is 281 g/mol. The maximum absolute atomic E-state index is 12.1. The third-order valence-corrected chi connectivity index (χ3v) is 3.33. The molecule has 0 saturated heterocycles. The molecule has 0 radical (unpaired) electrons. The minimum atomic E-state index is -0.393. The Kier molecular flexibility index (Phi) is 3.31. The van der Waals surface area contributed by atoms with Gasteiger partial charge in [0.2, 0.25) is 0 Å². The molecule has 0 aliphatic rings. The van der Waals surface area contributed by atoms with Gasteiger partial charge in [0.15, 0.2) is 0 Å². The van der Waals surface area contributed by atoms with E-state index in [0.29, 0.717) is 11.4 Å². The lowest BCUT2D eigenvalue weighted by molar-refractivity contribution is 0.0463. The van der Waals surface area contributed by atoms with E-state index >= 15 is 0 Å². The number of esters is 1. The molecule has 21 heavy (non-hydrogen) atoms. The Morgan fingerprint density at radius 1 is 1.33 bits per heavy atom. The van der Waals surface area contributed by atoms with Crippen molar-refractivity contribution < 1.29 is 9.53 Å². The number of benzene rings is 1. The van der Waals surface area contributed by atoms with Crippen LogP contribution in [-0.4, -0.2) is 15.5 Å². The molecule has 106 valence electrons. The van der Waals surface area contributed by atoms with Crippen LogP contribution in [-0.2, 0) is 18.4 Å². The van der Waals surface area contributed by atoms with E-state index in [1.54, 1.807) is 30.1 Å². The molecule has 0 bridgehead atoms. The summed E-state index contributed by atoms with van der Waals surface area (Å²) < 4.78 is 7.03. The van der Waals surface area contributed by atoms with Gasteiger partial charge >= 0.3 is 5.97 Å². The number of fused-ring (bicyclic) bond motifs is 1. The lowest BCUT2D eigenvalue weighted by Crippen LogP contribution is -2.09. The van der Waals surface area contributed by atoms with Gasteiger partial charge in [0.05, 0.1) is 11.2 Å². The maximum atomic E-state index is 12.1. The molecule has 0 unspecified atom stereocenters. The molecule has 0 aliphatic carbocycles. The number of carbonyl (C=O) groups is 1. The Bertz CT molecular complexity index is 803. The van der Waals surface area contributed by atoms with Gasteiger partial charge in [0.25, 0.3) is 0 Å². The topological polar surface area (TPSA) is 70.1 Å². The Morgan fingerprint density at radius 3 is 2.90 bits per heavy atom. The number of para-hydroxylation sites is 1. The van der Waals surface area contributed by atoms with Gasteiger partial charge in [-0.05, 0) is 18.2 Å². The molecule has 1 aromatic carbocycles. The van der Waals surface area contributed by atoms with Crippen molar-refractivity contribution in [1.82, 2.24) is 9.55 Å². The molecule has 0 saturated carbocycles. The minimum absolute atomic E-state index is 0.201. The molecule has 2 N–H and O–H groups in total. The Labute approximate surface area is 122 Å². The first-order chi connectivity index (χ1) is 10.1. The van der Waals surface area contributed by atoms with Crippen molar-refractivity contribution in [2.45, 2.75) is 6.61 Å². The quantitative estimate of drug-likeness (QED) is 0.749.